The second-order valence-corrected chi connectivity index (χ2v) is 9.16. The number of nitrogens with zero attached hydrogens (tertiary/aromatic N) is 3. The number of aromatic nitrogens is 2. The third-order valence-corrected chi connectivity index (χ3v) is 5.85. The number of pyridine rings is 1. The fourth-order valence-electron chi connectivity index (χ4n) is 4.40. The minimum absolute atomic E-state index is 0.0218. The van der Waals surface area contributed by atoms with Gasteiger partial charge in [-0.25, -0.2) is 4.98 Å². The minimum atomic E-state index is -0.907. The molecule has 1 saturated heterocycles. The van der Waals surface area contributed by atoms with E-state index in [0.717, 1.165) is 16.9 Å². The Balaban J connectivity index is 1.34. The number of hydrogen-bond acceptors (Lipinski definition) is 5. The maximum atomic E-state index is 12.8. The molecule has 7 heteroatoms. The van der Waals surface area contributed by atoms with Gasteiger partial charge in [0.2, 0.25) is 12.3 Å². The van der Waals surface area contributed by atoms with Gasteiger partial charge in [0, 0.05) is 25.2 Å². The quantitative estimate of drug-likeness (QED) is 0.770. The third kappa shape index (κ3) is 3.54. The molecule has 5 atom stereocenters. The zero-order valence-electron chi connectivity index (χ0n) is 17.2. The molecule has 1 unspecified atom stereocenters. The monoisotopic (exact) mass is 386 g/mol. The fourth-order valence-corrected chi connectivity index (χ4v) is 4.40. The summed E-state index contributed by atoms with van der Waals surface area (Å²) in [7, 11) is 0. The molecule has 0 spiro atoms. The fraction of sp³-hybridized carbons (Fsp3) is 0.619. The zero-order chi connectivity index (χ0) is 20.2. The number of nitrogens with one attached hydrogen (secondary N) is 1. The molecule has 2 N–H and O–H groups in total. The summed E-state index contributed by atoms with van der Waals surface area (Å²) in [4.78, 5) is 19.2. The lowest BCUT2D eigenvalue weighted by atomic mass is 10.2. The number of carbonyl (C=O) groups is 1. The highest BCUT2D eigenvalue weighted by molar-refractivity contribution is 5.83. The normalized spacial score (nSPS) is 26.9. The van der Waals surface area contributed by atoms with Crippen molar-refractivity contribution in [2.24, 2.45) is 17.8 Å². The van der Waals surface area contributed by atoms with E-state index in [1.807, 2.05) is 55.5 Å². The first-order valence-corrected chi connectivity index (χ1v) is 9.98. The van der Waals surface area contributed by atoms with E-state index in [0.29, 0.717) is 24.9 Å². The molecule has 2 aliphatic rings. The average molecular weight is 386 g/mol. The van der Waals surface area contributed by atoms with Gasteiger partial charge in [-0.3, -0.25) is 9.69 Å². The number of ether oxygens (including phenoxy) is 1. The highest BCUT2D eigenvalue weighted by atomic mass is 16.6. The highest BCUT2D eigenvalue weighted by Gasteiger charge is 2.60. The Morgan fingerprint density at radius 2 is 2.04 bits per heavy atom. The number of piperidine rings is 1. The zero-order valence-corrected chi connectivity index (χ0v) is 17.2. The van der Waals surface area contributed by atoms with Gasteiger partial charge < -0.3 is 19.6 Å². The second-order valence-electron chi connectivity index (χ2n) is 9.16. The number of likely N-dealkylation sites (tertiary alicyclic amines) is 1. The van der Waals surface area contributed by atoms with Gasteiger partial charge >= 0.3 is 0 Å². The van der Waals surface area contributed by atoms with Crippen molar-refractivity contribution in [1.29, 1.82) is 0 Å². The number of hydrogen-bond donors (Lipinski definition) is 2. The van der Waals surface area contributed by atoms with Crippen LogP contribution in [0.4, 0.5) is 0 Å². The SMILES string of the molecule is Cc1cccn2c([C@H](C)NC(=O)[C@H]3[C@@H]4CN(C(O)OC(C)(C)C)C[C@@H]43)ncc12. The van der Waals surface area contributed by atoms with Crippen LogP contribution in [0.25, 0.3) is 5.52 Å². The molecule has 1 aliphatic heterocycles. The Bertz CT molecular complexity index is 875. The van der Waals surface area contributed by atoms with Crippen molar-refractivity contribution in [3.05, 3.63) is 35.9 Å². The van der Waals surface area contributed by atoms with E-state index in [2.05, 4.69) is 23.3 Å². The van der Waals surface area contributed by atoms with E-state index < -0.39 is 12.0 Å². The maximum Gasteiger partial charge on any atom is 0.224 e. The van der Waals surface area contributed by atoms with Crippen LogP contribution in [-0.4, -0.2) is 50.4 Å². The van der Waals surface area contributed by atoms with Crippen molar-refractivity contribution in [3.8, 4) is 0 Å². The summed E-state index contributed by atoms with van der Waals surface area (Å²) in [5.41, 5.74) is 1.82. The Hall–Kier alpha value is -1.96. The standard InChI is InChI=1S/C21H30N4O3/c1-12-7-6-8-25-16(12)9-22-18(25)13(2)23-19(26)17-14-10-24(11-15(14)17)20(27)28-21(3,4)5/h6-9,13-15,17,20,27H,10-11H2,1-5H3,(H,23,26)/t13-,14-,15+,17+,20?/m0/s1. The number of carbonyl (C=O) groups excluding carboxylic acids is 1. The predicted molar refractivity (Wildman–Crippen MR) is 105 cm³/mol. The van der Waals surface area contributed by atoms with Crippen molar-refractivity contribution >= 4 is 11.4 Å². The van der Waals surface area contributed by atoms with Crippen LogP contribution in [0.15, 0.2) is 24.5 Å². The van der Waals surface area contributed by atoms with Crippen molar-refractivity contribution in [3.63, 3.8) is 0 Å². The van der Waals surface area contributed by atoms with Crippen LogP contribution >= 0.6 is 0 Å². The van der Waals surface area contributed by atoms with Gasteiger partial charge in [-0.05, 0) is 58.1 Å². The van der Waals surface area contributed by atoms with E-state index in [4.69, 9.17) is 4.74 Å². The van der Waals surface area contributed by atoms with E-state index in [1.165, 1.54) is 0 Å². The molecule has 7 nitrogen and oxygen atoms in total. The van der Waals surface area contributed by atoms with E-state index in [9.17, 15) is 9.90 Å². The van der Waals surface area contributed by atoms with Gasteiger partial charge in [0.25, 0.3) is 0 Å². The Morgan fingerprint density at radius 1 is 1.36 bits per heavy atom. The summed E-state index contributed by atoms with van der Waals surface area (Å²) in [5.74, 6) is 1.54. The molecular weight excluding hydrogens is 356 g/mol. The van der Waals surface area contributed by atoms with Crippen molar-refractivity contribution < 1.29 is 14.6 Å². The molecule has 2 aromatic rings. The van der Waals surface area contributed by atoms with Gasteiger partial charge in [-0.2, -0.15) is 0 Å². The van der Waals surface area contributed by atoms with Crippen LogP contribution in [0.5, 0.6) is 0 Å². The largest absolute Gasteiger partial charge is 0.356 e. The minimum Gasteiger partial charge on any atom is -0.356 e. The Labute approximate surface area is 165 Å². The number of aryl methyl sites for hydroxylation is 1. The predicted octanol–water partition coefficient (Wildman–Crippen LogP) is 2.09. The number of amides is 1. The van der Waals surface area contributed by atoms with Crippen LogP contribution in [-0.2, 0) is 9.53 Å². The molecule has 4 rings (SSSR count). The molecule has 152 valence electrons. The molecule has 0 bridgehead atoms. The molecular formula is C21H30N4O3. The van der Waals surface area contributed by atoms with E-state index in [-0.39, 0.29) is 17.9 Å². The summed E-state index contributed by atoms with van der Waals surface area (Å²) >= 11 is 0. The number of aliphatic hydroxyl groups is 1. The van der Waals surface area contributed by atoms with Crippen LogP contribution in [0, 0.1) is 24.7 Å². The summed E-state index contributed by atoms with van der Waals surface area (Å²) in [6.07, 6.45) is 2.93. The maximum absolute atomic E-state index is 12.8. The first-order chi connectivity index (χ1) is 13.2. The van der Waals surface area contributed by atoms with Crippen molar-refractivity contribution in [2.45, 2.75) is 52.7 Å². The summed E-state index contributed by atoms with van der Waals surface area (Å²) in [6.45, 7) is 11.2. The molecule has 2 fully saturated rings. The number of aliphatic hydroxyl groups excluding tert-OH is 1. The second kappa shape index (κ2) is 6.83. The molecule has 0 radical (unpaired) electrons. The highest BCUT2D eigenvalue weighted by Crippen LogP contribution is 2.52. The van der Waals surface area contributed by atoms with E-state index >= 15 is 0 Å². The van der Waals surface area contributed by atoms with Gasteiger partial charge in [0.1, 0.15) is 5.82 Å². The number of fused-ring (bicyclic) bond motifs is 2. The Morgan fingerprint density at radius 3 is 2.68 bits per heavy atom. The first kappa shape index (κ1) is 19.4. The molecule has 1 aliphatic carbocycles. The van der Waals surface area contributed by atoms with Gasteiger partial charge in [-0.1, -0.05) is 6.07 Å². The van der Waals surface area contributed by atoms with Crippen LogP contribution in [0.3, 0.4) is 0 Å². The summed E-state index contributed by atoms with van der Waals surface area (Å²) < 4.78 is 7.66. The lowest BCUT2D eigenvalue weighted by molar-refractivity contribution is -0.236. The molecule has 2 aromatic heterocycles. The van der Waals surface area contributed by atoms with Crippen molar-refractivity contribution in [1.82, 2.24) is 19.6 Å². The molecule has 0 aromatic carbocycles. The lowest BCUT2D eigenvalue weighted by Gasteiger charge is -2.31. The Kier molecular flexibility index (Phi) is 4.72. The van der Waals surface area contributed by atoms with E-state index in [1.54, 1.807) is 0 Å². The third-order valence-electron chi connectivity index (χ3n) is 5.85. The number of imidazole rings is 1. The molecule has 3 heterocycles. The summed E-state index contributed by atoms with van der Waals surface area (Å²) in [5, 5.41) is 13.4. The van der Waals surface area contributed by atoms with Crippen LogP contribution in [0.2, 0.25) is 0 Å². The van der Waals surface area contributed by atoms with Gasteiger partial charge in [0.15, 0.2) is 0 Å². The molecule has 28 heavy (non-hydrogen) atoms. The van der Waals surface area contributed by atoms with Gasteiger partial charge in [0.05, 0.1) is 23.4 Å². The summed E-state index contributed by atoms with van der Waals surface area (Å²) in [6, 6.07) is 3.88. The van der Waals surface area contributed by atoms with Crippen LogP contribution in [0.1, 0.15) is 45.1 Å². The average Bonchev–Trinajstić information content (AvgIpc) is 2.96. The van der Waals surface area contributed by atoms with Crippen LogP contribution < -0.4 is 5.32 Å². The molecule has 1 saturated carbocycles. The van der Waals surface area contributed by atoms with Gasteiger partial charge in [-0.15, -0.1) is 0 Å². The lowest BCUT2D eigenvalue weighted by Crippen LogP contribution is -2.43. The smallest absolute Gasteiger partial charge is 0.224 e. The number of rotatable bonds is 5. The topological polar surface area (TPSA) is 79.1 Å². The molecule has 1 amide bonds. The van der Waals surface area contributed by atoms with Crippen molar-refractivity contribution in [2.75, 3.05) is 13.1 Å². The first-order valence-electron chi connectivity index (χ1n) is 9.98.